The number of benzene rings is 1. The Bertz CT molecular complexity index is 439. The molecule has 0 atom stereocenters. The second kappa shape index (κ2) is 3.92. The molecule has 74 valence electrons. The molecule has 1 N–H and O–H groups in total. The van der Waals surface area contributed by atoms with Crippen LogP contribution in [0.3, 0.4) is 0 Å². The second-order valence-corrected chi connectivity index (χ2v) is 4.09. The van der Waals surface area contributed by atoms with E-state index in [-0.39, 0.29) is 5.82 Å². The number of halogens is 1. The average molecular weight is 210 g/mol. The molecule has 0 saturated carbocycles. The summed E-state index contributed by atoms with van der Waals surface area (Å²) >= 11 is 1.49. The number of hydrogen-bond donors (Lipinski definition) is 1. The maximum atomic E-state index is 12.9. The first-order valence-electron chi connectivity index (χ1n) is 4.59. The summed E-state index contributed by atoms with van der Waals surface area (Å²) in [4.78, 5) is 4.33. The van der Waals surface area contributed by atoms with Crippen LogP contribution in [0.15, 0.2) is 18.2 Å². The lowest BCUT2D eigenvalue weighted by molar-refractivity contribution is 0.630. The molecule has 1 heterocycles. The molecule has 0 unspecified atom stereocenters. The van der Waals surface area contributed by atoms with Gasteiger partial charge in [0.25, 0.3) is 0 Å². The molecule has 0 radical (unpaired) electrons. The van der Waals surface area contributed by atoms with Gasteiger partial charge in [0.2, 0.25) is 0 Å². The predicted octanol–water partition coefficient (Wildman–Crippen LogP) is 3.26. The van der Waals surface area contributed by atoms with Crippen LogP contribution in [0.4, 0.5) is 9.52 Å². The van der Waals surface area contributed by atoms with Gasteiger partial charge >= 0.3 is 0 Å². The van der Waals surface area contributed by atoms with Crippen LogP contribution in [-0.2, 0) is 0 Å². The van der Waals surface area contributed by atoms with Gasteiger partial charge in [-0.15, -0.1) is 0 Å². The molecule has 2 rings (SSSR count). The van der Waals surface area contributed by atoms with Gasteiger partial charge in [0.05, 0.1) is 10.2 Å². The summed E-state index contributed by atoms with van der Waals surface area (Å²) in [5.74, 6) is -0.205. The largest absolute Gasteiger partial charge is 0.361 e. The summed E-state index contributed by atoms with van der Waals surface area (Å²) < 4.78 is 13.7. The van der Waals surface area contributed by atoms with E-state index < -0.39 is 0 Å². The van der Waals surface area contributed by atoms with Crippen LogP contribution < -0.4 is 5.32 Å². The van der Waals surface area contributed by atoms with Crippen molar-refractivity contribution in [3.05, 3.63) is 24.0 Å². The van der Waals surface area contributed by atoms with Crippen molar-refractivity contribution in [2.45, 2.75) is 13.3 Å². The van der Waals surface area contributed by atoms with Gasteiger partial charge < -0.3 is 5.32 Å². The third-order valence-electron chi connectivity index (χ3n) is 1.88. The van der Waals surface area contributed by atoms with Crippen molar-refractivity contribution >= 4 is 26.7 Å². The summed E-state index contributed by atoms with van der Waals surface area (Å²) in [6.45, 7) is 3.00. The fourth-order valence-corrected chi connectivity index (χ4v) is 2.12. The van der Waals surface area contributed by atoms with E-state index in [9.17, 15) is 4.39 Å². The van der Waals surface area contributed by atoms with Crippen molar-refractivity contribution in [1.29, 1.82) is 0 Å². The Morgan fingerprint density at radius 3 is 3.14 bits per heavy atom. The van der Waals surface area contributed by atoms with E-state index in [1.54, 1.807) is 6.07 Å². The maximum absolute atomic E-state index is 12.9. The van der Waals surface area contributed by atoms with Gasteiger partial charge in [-0.2, -0.15) is 0 Å². The zero-order valence-electron chi connectivity index (χ0n) is 7.88. The first-order valence-corrected chi connectivity index (χ1v) is 5.41. The number of anilines is 1. The van der Waals surface area contributed by atoms with Gasteiger partial charge in [0.1, 0.15) is 5.82 Å². The van der Waals surface area contributed by atoms with Crippen LogP contribution >= 0.6 is 11.3 Å². The first kappa shape index (κ1) is 9.40. The molecule has 1 aromatic heterocycles. The third kappa shape index (κ3) is 1.85. The summed E-state index contributed by atoms with van der Waals surface area (Å²) in [6.07, 6.45) is 1.06. The Balaban J connectivity index is 2.32. The minimum absolute atomic E-state index is 0.205. The summed E-state index contributed by atoms with van der Waals surface area (Å²) in [5, 5.41) is 4.06. The number of fused-ring (bicyclic) bond motifs is 1. The minimum atomic E-state index is -0.205. The standard InChI is InChI=1S/C10H11FN2S/c1-2-5-12-10-13-8-4-3-7(11)6-9(8)14-10/h3-4,6H,2,5H2,1H3,(H,12,13). The highest BCUT2D eigenvalue weighted by molar-refractivity contribution is 7.22. The Hall–Kier alpha value is -1.16. The van der Waals surface area contributed by atoms with E-state index in [1.165, 1.54) is 23.5 Å². The number of aromatic nitrogens is 1. The van der Waals surface area contributed by atoms with Gasteiger partial charge in [0, 0.05) is 6.54 Å². The Morgan fingerprint density at radius 1 is 1.50 bits per heavy atom. The number of nitrogens with one attached hydrogen (secondary N) is 1. The predicted molar refractivity (Wildman–Crippen MR) is 58.4 cm³/mol. The first-order chi connectivity index (χ1) is 6.79. The van der Waals surface area contributed by atoms with Crippen LogP contribution in [0, 0.1) is 5.82 Å². The van der Waals surface area contributed by atoms with E-state index in [0.717, 1.165) is 28.3 Å². The van der Waals surface area contributed by atoms with Gasteiger partial charge in [-0.25, -0.2) is 9.37 Å². The zero-order chi connectivity index (χ0) is 9.97. The van der Waals surface area contributed by atoms with Crippen molar-refractivity contribution in [3.8, 4) is 0 Å². The van der Waals surface area contributed by atoms with Gasteiger partial charge in [-0.1, -0.05) is 18.3 Å². The molecule has 2 nitrogen and oxygen atoms in total. The number of rotatable bonds is 3. The number of hydrogen-bond acceptors (Lipinski definition) is 3. The summed E-state index contributed by atoms with van der Waals surface area (Å²) in [7, 11) is 0. The highest BCUT2D eigenvalue weighted by Gasteiger charge is 2.03. The number of thiazole rings is 1. The van der Waals surface area contributed by atoms with E-state index >= 15 is 0 Å². The van der Waals surface area contributed by atoms with Crippen molar-refractivity contribution < 1.29 is 4.39 Å². The van der Waals surface area contributed by atoms with Crippen LogP contribution in [0.5, 0.6) is 0 Å². The van der Waals surface area contributed by atoms with E-state index in [1.807, 2.05) is 0 Å². The van der Waals surface area contributed by atoms with Crippen LogP contribution in [-0.4, -0.2) is 11.5 Å². The molecule has 14 heavy (non-hydrogen) atoms. The molecule has 1 aromatic carbocycles. The smallest absolute Gasteiger partial charge is 0.183 e. The molecule has 0 aliphatic heterocycles. The van der Waals surface area contributed by atoms with Gasteiger partial charge in [-0.05, 0) is 24.6 Å². The topological polar surface area (TPSA) is 24.9 Å². The molecule has 0 fully saturated rings. The maximum Gasteiger partial charge on any atom is 0.183 e. The average Bonchev–Trinajstić information content (AvgIpc) is 2.56. The lowest BCUT2D eigenvalue weighted by Crippen LogP contribution is -1.98. The third-order valence-corrected chi connectivity index (χ3v) is 2.85. The number of nitrogens with zero attached hydrogens (tertiary/aromatic N) is 1. The summed E-state index contributed by atoms with van der Waals surface area (Å²) in [6, 6.07) is 4.66. The zero-order valence-corrected chi connectivity index (χ0v) is 8.70. The highest BCUT2D eigenvalue weighted by atomic mass is 32.1. The van der Waals surface area contributed by atoms with Crippen LogP contribution in [0.2, 0.25) is 0 Å². The fraction of sp³-hybridized carbons (Fsp3) is 0.300. The van der Waals surface area contributed by atoms with Crippen molar-refractivity contribution in [3.63, 3.8) is 0 Å². The van der Waals surface area contributed by atoms with E-state index in [0.29, 0.717) is 0 Å². The Kier molecular flexibility index (Phi) is 2.63. The second-order valence-electron chi connectivity index (χ2n) is 3.06. The molecule has 4 heteroatoms. The van der Waals surface area contributed by atoms with Crippen molar-refractivity contribution in [1.82, 2.24) is 4.98 Å². The molecule has 0 spiro atoms. The van der Waals surface area contributed by atoms with Crippen molar-refractivity contribution in [2.75, 3.05) is 11.9 Å². The quantitative estimate of drug-likeness (QED) is 0.841. The van der Waals surface area contributed by atoms with E-state index in [4.69, 9.17) is 0 Å². The SMILES string of the molecule is CCCNc1nc2ccc(F)cc2s1. The molecular formula is C10H11FN2S. The van der Waals surface area contributed by atoms with E-state index in [2.05, 4.69) is 17.2 Å². The highest BCUT2D eigenvalue weighted by Crippen LogP contribution is 2.26. The lowest BCUT2D eigenvalue weighted by Gasteiger charge is -1.95. The van der Waals surface area contributed by atoms with Crippen LogP contribution in [0.25, 0.3) is 10.2 Å². The monoisotopic (exact) mass is 210 g/mol. The van der Waals surface area contributed by atoms with Crippen LogP contribution in [0.1, 0.15) is 13.3 Å². The molecule has 0 aliphatic carbocycles. The lowest BCUT2D eigenvalue weighted by atomic mass is 10.3. The normalized spacial score (nSPS) is 10.7. The summed E-state index contributed by atoms with van der Waals surface area (Å²) in [5.41, 5.74) is 0.856. The van der Waals surface area contributed by atoms with Gasteiger partial charge in [0.15, 0.2) is 5.13 Å². The molecular weight excluding hydrogens is 199 g/mol. The van der Waals surface area contributed by atoms with Crippen molar-refractivity contribution in [2.24, 2.45) is 0 Å². The van der Waals surface area contributed by atoms with Gasteiger partial charge in [-0.3, -0.25) is 0 Å². The molecule has 0 saturated heterocycles. The molecule has 0 amide bonds. The minimum Gasteiger partial charge on any atom is -0.361 e. The molecule has 2 aromatic rings. The fourth-order valence-electron chi connectivity index (χ4n) is 1.21. The molecule has 0 bridgehead atoms. The Labute approximate surface area is 85.8 Å². The molecule has 0 aliphatic rings. The Morgan fingerprint density at radius 2 is 2.36 bits per heavy atom.